The van der Waals surface area contributed by atoms with Crippen LogP contribution in [0.5, 0.6) is 0 Å². The molecule has 2 aliphatic rings. The number of hydrogen-bond donors (Lipinski definition) is 2. The quantitative estimate of drug-likeness (QED) is 0.753. The first-order chi connectivity index (χ1) is 9.13. The van der Waals surface area contributed by atoms with Gasteiger partial charge in [0.2, 0.25) is 5.91 Å². The van der Waals surface area contributed by atoms with E-state index in [4.69, 9.17) is 0 Å². The zero-order chi connectivity index (χ0) is 13.7. The molecule has 1 unspecified atom stereocenters. The highest BCUT2D eigenvalue weighted by Crippen LogP contribution is 2.13. The molecule has 1 amide bonds. The van der Waals surface area contributed by atoms with Crippen molar-refractivity contribution >= 4 is 5.91 Å². The Morgan fingerprint density at radius 3 is 2.63 bits per heavy atom. The highest BCUT2D eigenvalue weighted by Gasteiger charge is 2.23. The van der Waals surface area contributed by atoms with Crippen LogP contribution in [-0.4, -0.2) is 49.1 Å². The van der Waals surface area contributed by atoms with E-state index in [-0.39, 0.29) is 5.91 Å². The van der Waals surface area contributed by atoms with E-state index in [0.717, 1.165) is 19.5 Å². The van der Waals surface area contributed by atoms with Gasteiger partial charge < -0.3 is 10.6 Å². The summed E-state index contributed by atoms with van der Waals surface area (Å²) in [7, 11) is 0. The van der Waals surface area contributed by atoms with Crippen molar-refractivity contribution in [2.45, 2.75) is 51.6 Å². The molecule has 4 heteroatoms. The summed E-state index contributed by atoms with van der Waals surface area (Å²) in [5.74, 6) is 0.203. The summed E-state index contributed by atoms with van der Waals surface area (Å²) >= 11 is 0. The fourth-order valence-electron chi connectivity index (χ4n) is 2.80. The lowest BCUT2D eigenvalue weighted by atomic mass is 10.0. The number of carbonyl (C=O) groups is 1. The summed E-state index contributed by atoms with van der Waals surface area (Å²) in [4.78, 5) is 13.6. The van der Waals surface area contributed by atoms with Crippen LogP contribution in [0.4, 0.5) is 0 Å². The lowest BCUT2D eigenvalue weighted by Gasteiger charge is -2.35. The van der Waals surface area contributed by atoms with Crippen LogP contribution in [0, 0.1) is 0 Å². The first-order valence-electron chi connectivity index (χ1n) is 7.52. The first-order valence-corrected chi connectivity index (χ1v) is 7.52. The predicted molar refractivity (Wildman–Crippen MR) is 78.1 cm³/mol. The highest BCUT2D eigenvalue weighted by molar-refractivity contribution is 5.76. The average Bonchev–Trinajstić information content (AvgIpc) is 2.40. The van der Waals surface area contributed by atoms with Gasteiger partial charge in [0.15, 0.2) is 0 Å². The van der Waals surface area contributed by atoms with E-state index in [0.29, 0.717) is 18.5 Å². The Bertz CT molecular complexity index is 318. The van der Waals surface area contributed by atoms with Crippen molar-refractivity contribution in [3.05, 3.63) is 11.6 Å². The number of carbonyl (C=O) groups excluding carboxylic acids is 1. The molecule has 4 nitrogen and oxygen atoms in total. The minimum atomic E-state index is 0.203. The molecule has 0 bridgehead atoms. The topological polar surface area (TPSA) is 44.4 Å². The van der Waals surface area contributed by atoms with Gasteiger partial charge in [0.1, 0.15) is 0 Å². The standard InChI is InChI=1S/C15H27N3O/c1-12(2)5-8-18-9-6-13(7-10-18)17-14-3-4-15(19)16-11-14/h5,13-14,17H,3-4,6-11H2,1-2H3,(H,16,19). The van der Waals surface area contributed by atoms with Gasteiger partial charge in [0, 0.05) is 31.6 Å². The number of nitrogens with zero attached hydrogens (tertiary/aromatic N) is 1. The van der Waals surface area contributed by atoms with E-state index >= 15 is 0 Å². The third-order valence-electron chi connectivity index (χ3n) is 4.08. The summed E-state index contributed by atoms with van der Waals surface area (Å²) in [6, 6.07) is 1.11. The number of hydrogen-bond acceptors (Lipinski definition) is 3. The van der Waals surface area contributed by atoms with Gasteiger partial charge in [-0.05, 0) is 46.2 Å². The summed E-state index contributed by atoms with van der Waals surface area (Å²) < 4.78 is 0. The minimum Gasteiger partial charge on any atom is -0.355 e. The lowest BCUT2D eigenvalue weighted by Crippen LogP contribution is -2.52. The van der Waals surface area contributed by atoms with Crippen molar-refractivity contribution in [1.82, 2.24) is 15.5 Å². The SMILES string of the molecule is CC(C)=CCN1CCC(NC2CCC(=O)NC2)CC1. The summed E-state index contributed by atoms with van der Waals surface area (Å²) in [5.41, 5.74) is 1.40. The summed E-state index contributed by atoms with van der Waals surface area (Å²) in [6.07, 6.45) is 6.42. The molecule has 0 aromatic heterocycles. The fourth-order valence-corrected chi connectivity index (χ4v) is 2.80. The van der Waals surface area contributed by atoms with Crippen molar-refractivity contribution in [3.8, 4) is 0 Å². The van der Waals surface area contributed by atoms with Gasteiger partial charge in [-0.3, -0.25) is 9.69 Å². The number of likely N-dealkylation sites (tertiary alicyclic amines) is 1. The van der Waals surface area contributed by atoms with Crippen LogP contribution in [0.1, 0.15) is 39.5 Å². The van der Waals surface area contributed by atoms with Gasteiger partial charge >= 0.3 is 0 Å². The van der Waals surface area contributed by atoms with Gasteiger partial charge in [0.05, 0.1) is 0 Å². The van der Waals surface area contributed by atoms with Crippen molar-refractivity contribution in [2.75, 3.05) is 26.2 Å². The molecule has 2 rings (SSSR count). The van der Waals surface area contributed by atoms with E-state index in [2.05, 4.69) is 35.5 Å². The third-order valence-corrected chi connectivity index (χ3v) is 4.08. The zero-order valence-electron chi connectivity index (χ0n) is 12.2. The maximum atomic E-state index is 11.1. The maximum Gasteiger partial charge on any atom is 0.220 e. The van der Waals surface area contributed by atoms with E-state index < -0.39 is 0 Å². The number of nitrogens with one attached hydrogen (secondary N) is 2. The monoisotopic (exact) mass is 265 g/mol. The molecule has 2 heterocycles. The number of piperidine rings is 2. The summed E-state index contributed by atoms with van der Waals surface area (Å²) in [5, 5.41) is 6.65. The smallest absolute Gasteiger partial charge is 0.220 e. The molecule has 2 saturated heterocycles. The van der Waals surface area contributed by atoms with E-state index in [9.17, 15) is 4.79 Å². The Hall–Kier alpha value is -0.870. The molecule has 2 N–H and O–H groups in total. The Kier molecular flexibility index (Phi) is 5.40. The van der Waals surface area contributed by atoms with Crippen molar-refractivity contribution < 1.29 is 4.79 Å². The van der Waals surface area contributed by atoms with E-state index in [1.54, 1.807) is 0 Å². The molecular formula is C15H27N3O. The van der Waals surface area contributed by atoms with Crippen molar-refractivity contribution in [1.29, 1.82) is 0 Å². The molecule has 0 radical (unpaired) electrons. The van der Waals surface area contributed by atoms with Gasteiger partial charge in [0.25, 0.3) is 0 Å². The normalized spacial score (nSPS) is 26.0. The maximum absolute atomic E-state index is 11.1. The second-order valence-electron chi connectivity index (χ2n) is 6.06. The Morgan fingerprint density at radius 1 is 1.32 bits per heavy atom. The molecule has 1 atom stereocenters. The van der Waals surface area contributed by atoms with Crippen LogP contribution in [0.15, 0.2) is 11.6 Å². The van der Waals surface area contributed by atoms with Gasteiger partial charge in [-0.2, -0.15) is 0 Å². The molecule has 19 heavy (non-hydrogen) atoms. The molecule has 0 spiro atoms. The number of rotatable bonds is 4. The minimum absolute atomic E-state index is 0.203. The van der Waals surface area contributed by atoms with Crippen LogP contribution in [0.25, 0.3) is 0 Å². The molecule has 0 aromatic carbocycles. The number of allylic oxidation sites excluding steroid dienone is 1. The van der Waals surface area contributed by atoms with Crippen LogP contribution in [-0.2, 0) is 4.79 Å². The Labute approximate surface area is 116 Å². The molecule has 0 aliphatic carbocycles. The van der Waals surface area contributed by atoms with Crippen molar-refractivity contribution in [2.24, 2.45) is 0 Å². The van der Waals surface area contributed by atoms with Crippen LogP contribution < -0.4 is 10.6 Å². The van der Waals surface area contributed by atoms with Gasteiger partial charge in [-0.25, -0.2) is 0 Å². The molecule has 0 aromatic rings. The second kappa shape index (κ2) is 7.06. The van der Waals surface area contributed by atoms with E-state index in [1.807, 2.05) is 0 Å². The molecule has 2 aliphatic heterocycles. The van der Waals surface area contributed by atoms with Crippen LogP contribution >= 0.6 is 0 Å². The Morgan fingerprint density at radius 2 is 2.05 bits per heavy atom. The summed E-state index contributed by atoms with van der Waals surface area (Å²) in [6.45, 7) is 8.57. The lowest BCUT2D eigenvalue weighted by molar-refractivity contribution is -0.122. The molecule has 108 valence electrons. The van der Waals surface area contributed by atoms with Crippen LogP contribution in [0.3, 0.4) is 0 Å². The highest BCUT2D eigenvalue weighted by atomic mass is 16.1. The largest absolute Gasteiger partial charge is 0.355 e. The Balaban J connectivity index is 1.66. The number of amides is 1. The van der Waals surface area contributed by atoms with Gasteiger partial charge in [-0.15, -0.1) is 0 Å². The predicted octanol–water partition coefficient (Wildman–Crippen LogP) is 1.29. The molecular weight excluding hydrogens is 238 g/mol. The van der Waals surface area contributed by atoms with Gasteiger partial charge in [-0.1, -0.05) is 11.6 Å². The average molecular weight is 265 g/mol. The fraction of sp³-hybridized carbons (Fsp3) is 0.800. The van der Waals surface area contributed by atoms with Crippen molar-refractivity contribution in [3.63, 3.8) is 0 Å². The van der Waals surface area contributed by atoms with E-state index in [1.165, 1.54) is 31.5 Å². The third kappa shape index (κ3) is 4.96. The van der Waals surface area contributed by atoms with Crippen LogP contribution in [0.2, 0.25) is 0 Å². The second-order valence-corrected chi connectivity index (χ2v) is 6.06. The molecule has 2 fully saturated rings. The zero-order valence-corrected chi connectivity index (χ0v) is 12.2. The first kappa shape index (κ1) is 14.5. The molecule has 0 saturated carbocycles.